The van der Waals surface area contributed by atoms with Crippen LogP contribution in [0.4, 0.5) is 0 Å². The van der Waals surface area contributed by atoms with Crippen molar-refractivity contribution in [3.8, 4) is 0 Å². The van der Waals surface area contributed by atoms with E-state index >= 15 is 0 Å². The van der Waals surface area contributed by atoms with E-state index in [1.54, 1.807) is 0 Å². The van der Waals surface area contributed by atoms with Crippen LogP contribution in [-0.4, -0.2) is 33.7 Å². The molecule has 0 aliphatic carbocycles. The van der Waals surface area contributed by atoms with Gasteiger partial charge in [-0.1, -0.05) is 0 Å². The Bertz CT molecular complexity index is 121. The molecular formula is C3H10NO4P. The average Bonchev–Trinajstić information content (AvgIpc) is 1.62. The zero-order valence-electron chi connectivity index (χ0n) is 4.77. The molecule has 0 aliphatic rings. The van der Waals surface area contributed by atoms with E-state index in [2.05, 4.69) is 0 Å². The largest absolute Gasteiger partial charge is 0.391 e. The van der Waals surface area contributed by atoms with Gasteiger partial charge in [0.2, 0.25) is 0 Å². The molecule has 0 heterocycles. The van der Waals surface area contributed by atoms with Gasteiger partial charge in [-0.15, -0.1) is 0 Å². The minimum atomic E-state index is -4.07. The van der Waals surface area contributed by atoms with Gasteiger partial charge in [-0.3, -0.25) is 4.57 Å². The van der Waals surface area contributed by atoms with Crippen molar-refractivity contribution in [3.05, 3.63) is 0 Å². The molecule has 0 aromatic rings. The predicted octanol–water partition coefficient (Wildman–Crippen LogP) is -1.52. The summed E-state index contributed by atoms with van der Waals surface area (Å²) in [5.74, 6) is 0. The summed E-state index contributed by atoms with van der Waals surface area (Å²) in [6, 6.07) is 0. The van der Waals surface area contributed by atoms with Crippen LogP contribution in [0.1, 0.15) is 0 Å². The number of aliphatic hydroxyl groups excluding tert-OH is 1. The quantitative estimate of drug-likeness (QED) is 0.371. The molecule has 5 N–H and O–H groups in total. The van der Waals surface area contributed by atoms with Gasteiger partial charge >= 0.3 is 7.60 Å². The van der Waals surface area contributed by atoms with Crippen LogP contribution in [0.5, 0.6) is 0 Å². The smallest absolute Gasteiger partial charge is 0.328 e. The normalized spacial score (nSPS) is 15.6. The Morgan fingerprint density at radius 2 is 2.00 bits per heavy atom. The average molecular weight is 155 g/mol. The van der Waals surface area contributed by atoms with Gasteiger partial charge in [-0.2, -0.15) is 0 Å². The fraction of sp³-hybridized carbons (Fsp3) is 1.00. The Morgan fingerprint density at radius 1 is 1.56 bits per heavy atom. The van der Waals surface area contributed by atoms with Gasteiger partial charge in [0, 0.05) is 6.54 Å². The minimum Gasteiger partial charge on any atom is -0.391 e. The second kappa shape index (κ2) is 3.29. The molecule has 56 valence electrons. The fourth-order valence-electron chi connectivity index (χ4n) is 0.349. The molecule has 0 aromatic heterocycles. The van der Waals surface area contributed by atoms with Gasteiger partial charge in [0.1, 0.15) is 0 Å². The highest BCUT2D eigenvalue weighted by Gasteiger charge is 2.17. The van der Waals surface area contributed by atoms with Gasteiger partial charge in [-0.25, -0.2) is 0 Å². The van der Waals surface area contributed by atoms with Crippen LogP contribution in [0.3, 0.4) is 0 Å². The molecule has 1 atom stereocenters. The van der Waals surface area contributed by atoms with Crippen LogP contribution < -0.4 is 5.73 Å². The Morgan fingerprint density at radius 3 is 2.11 bits per heavy atom. The third-order valence-corrected chi connectivity index (χ3v) is 1.62. The number of hydrogen-bond acceptors (Lipinski definition) is 3. The fourth-order valence-corrected chi connectivity index (χ4v) is 1.05. The standard InChI is InChI=1S/C3H10NO4P/c4-1-3(5)2-9(6,7)8/h3,5H,1-2,4H2,(H2,6,7,8)/t3-/m0/s1. The maximum Gasteiger partial charge on any atom is 0.328 e. The second-order valence-electron chi connectivity index (χ2n) is 1.74. The lowest BCUT2D eigenvalue weighted by atomic mass is 10.4. The predicted molar refractivity (Wildman–Crippen MR) is 32.0 cm³/mol. The molecule has 0 aliphatic heterocycles. The molecule has 0 rings (SSSR count). The van der Waals surface area contributed by atoms with Gasteiger partial charge < -0.3 is 20.6 Å². The summed E-state index contributed by atoms with van der Waals surface area (Å²) in [6.45, 7) is -0.120. The zero-order valence-corrected chi connectivity index (χ0v) is 5.66. The van der Waals surface area contributed by atoms with Gasteiger partial charge in [0.05, 0.1) is 12.3 Å². The number of rotatable bonds is 3. The molecule has 5 nitrogen and oxygen atoms in total. The summed E-state index contributed by atoms with van der Waals surface area (Å²) in [5.41, 5.74) is 4.89. The van der Waals surface area contributed by atoms with Crippen molar-refractivity contribution in [1.82, 2.24) is 0 Å². The van der Waals surface area contributed by atoms with Crippen molar-refractivity contribution in [2.45, 2.75) is 6.10 Å². The van der Waals surface area contributed by atoms with Crippen molar-refractivity contribution >= 4 is 7.60 Å². The summed E-state index contributed by atoms with van der Waals surface area (Å²) in [6.07, 6.45) is -1.64. The lowest BCUT2D eigenvalue weighted by Crippen LogP contribution is -2.23. The van der Waals surface area contributed by atoms with E-state index < -0.39 is 19.9 Å². The number of aliphatic hydroxyl groups is 1. The van der Waals surface area contributed by atoms with Crippen molar-refractivity contribution in [3.63, 3.8) is 0 Å². The maximum atomic E-state index is 10.1. The van der Waals surface area contributed by atoms with Crippen LogP contribution >= 0.6 is 7.60 Å². The van der Waals surface area contributed by atoms with Crippen molar-refractivity contribution < 1.29 is 19.5 Å². The second-order valence-corrected chi connectivity index (χ2v) is 3.43. The lowest BCUT2D eigenvalue weighted by Gasteiger charge is -2.07. The van der Waals surface area contributed by atoms with E-state index in [-0.39, 0.29) is 6.54 Å². The first kappa shape index (κ1) is 9.07. The van der Waals surface area contributed by atoms with E-state index in [1.165, 1.54) is 0 Å². The topological polar surface area (TPSA) is 104 Å². The molecule has 0 saturated heterocycles. The van der Waals surface area contributed by atoms with Gasteiger partial charge in [0.15, 0.2) is 0 Å². The Balaban J connectivity index is 3.60. The highest BCUT2D eigenvalue weighted by Crippen LogP contribution is 2.34. The Kier molecular flexibility index (Phi) is 3.32. The van der Waals surface area contributed by atoms with E-state index in [4.69, 9.17) is 20.6 Å². The first-order valence-corrected chi connectivity index (χ1v) is 4.18. The number of hydrogen-bond donors (Lipinski definition) is 4. The molecule has 0 saturated carbocycles. The highest BCUT2D eigenvalue weighted by atomic mass is 31.2. The monoisotopic (exact) mass is 155 g/mol. The molecule has 9 heavy (non-hydrogen) atoms. The van der Waals surface area contributed by atoms with Crippen molar-refractivity contribution in [1.29, 1.82) is 0 Å². The summed E-state index contributed by atoms with van der Waals surface area (Å²) < 4.78 is 10.1. The van der Waals surface area contributed by atoms with Crippen LogP contribution in [0, 0.1) is 0 Å². The van der Waals surface area contributed by atoms with E-state index in [1.807, 2.05) is 0 Å². The van der Waals surface area contributed by atoms with E-state index in [0.29, 0.717) is 0 Å². The summed E-state index contributed by atoms with van der Waals surface area (Å²) in [5, 5.41) is 8.58. The van der Waals surface area contributed by atoms with Crippen LogP contribution in [0.2, 0.25) is 0 Å². The SMILES string of the molecule is NC[C@H](O)CP(=O)(O)O. The van der Waals surface area contributed by atoms with Gasteiger partial charge in [-0.05, 0) is 0 Å². The molecule has 0 radical (unpaired) electrons. The third kappa shape index (κ3) is 5.95. The molecule has 6 heteroatoms. The first-order chi connectivity index (χ1) is 3.95. The number of nitrogens with two attached hydrogens (primary N) is 1. The van der Waals surface area contributed by atoms with Crippen LogP contribution in [0.25, 0.3) is 0 Å². The summed E-state index contributed by atoms with van der Waals surface area (Å²) in [4.78, 5) is 16.4. The van der Waals surface area contributed by atoms with Crippen molar-refractivity contribution in [2.75, 3.05) is 12.7 Å². The molecular weight excluding hydrogens is 145 g/mol. The lowest BCUT2D eigenvalue weighted by molar-refractivity contribution is 0.196. The van der Waals surface area contributed by atoms with E-state index in [0.717, 1.165) is 0 Å². The Labute approximate surface area is 52.7 Å². The molecule has 0 amide bonds. The first-order valence-electron chi connectivity index (χ1n) is 2.38. The minimum absolute atomic E-state index is 0.120. The van der Waals surface area contributed by atoms with Crippen LogP contribution in [0.15, 0.2) is 0 Å². The molecule has 0 unspecified atom stereocenters. The summed E-state index contributed by atoms with van der Waals surface area (Å²) in [7, 11) is -4.07. The molecule has 0 aromatic carbocycles. The van der Waals surface area contributed by atoms with Gasteiger partial charge in [0.25, 0.3) is 0 Å². The van der Waals surface area contributed by atoms with Crippen LogP contribution in [-0.2, 0) is 4.57 Å². The zero-order chi connectivity index (χ0) is 7.49. The maximum absolute atomic E-state index is 10.1. The van der Waals surface area contributed by atoms with Crippen molar-refractivity contribution in [2.24, 2.45) is 5.73 Å². The molecule has 0 fully saturated rings. The summed E-state index contributed by atoms with van der Waals surface area (Å²) >= 11 is 0. The third-order valence-electron chi connectivity index (χ3n) is 0.721. The van der Waals surface area contributed by atoms with E-state index in [9.17, 15) is 4.57 Å². The Hall–Kier alpha value is 0.0700. The molecule has 0 bridgehead atoms. The molecule has 0 spiro atoms. The highest BCUT2D eigenvalue weighted by molar-refractivity contribution is 7.51.